The van der Waals surface area contributed by atoms with Gasteiger partial charge in [0.1, 0.15) is 0 Å². The maximum Gasteiger partial charge on any atom is 0.0669 e. The summed E-state index contributed by atoms with van der Waals surface area (Å²) in [5.41, 5.74) is 0.561. The standard InChI is InChI=1S/C16H25N3/c17-10-4-6-15(12-18)13-19-11-5-9-16(14-19)7-2-1-3-8-16/h15H,1-9,11,13-14H2/t15-/m1/s1. The van der Waals surface area contributed by atoms with E-state index in [1.54, 1.807) is 0 Å². The topological polar surface area (TPSA) is 50.8 Å². The van der Waals surface area contributed by atoms with E-state index in [2.05, 4.69) is 17.0 Å². The third kappa shape index (κ3) is 3.95. The number of likely N-dealkylation sites (tertiary alicyclic amines) is 1. The molecular formula is C16H25N3. The summed E-state index contributed by atoms with van der Waals surface area (Å²) in [6.45, 7) is 3.21. The van der Waals surface area contributed by atoms with Gasteiger partial charge in [-0.2, -0.15) is 10.5 Å². The van der Waals surface area contributed by atoms with Crippen LogP contribution in [0.2, 0.25) is 0 Å². The molecule has 2 aliphatic rings. The molecule has 0 amide bonds. The van der Waals surface area contributed by atoms with Crippen LogP contribution in [0.1, 0.15) is 57.8 Å². The Morgan fingerprint density at radius 2 is 1.79 bits per heavy atom. The Hall–Kier alpha value is -1.06. The molecule has 0 aromatic carbocycles. The highest BCUT2D eigenvalue weighted by Crippen LogP contribution is 2.43. The lowest BCUT2D eigenvalue weighted by Gasteiger charge is -2.45. The van der Waals surface area contributed by atoms with Crippen LogP contribution in [0, 0.1) is 34.0 Å². The number of piperidine rings is 1. The van der Waals surface area contributed by atoms with Crippen molar-refractivity contribution in [3.63, 3.8) is 0 Å². The molecule has 19 heavy (non-hydrogen) atoms. The van der Waals surface area contributed by atoms with Crippen molar-refractivity contribution in [3.8, 4) is 12.1 Å². The predicted molar refractivity (Wildman–Crippen MR) is 75.1 cm³/mol. The molecule has 2 fully saturated rings. The van der Waals surface area contributed by atoms with Crippen LogP contribution in [0.3, 0.4) is 0 Å². The van der Waals surface area contributed by atoms with Crippen molar-refractivity contribution >= 4 is 0 Å². The Balaban J connectivity index is 1.86. The smallest absolute Gasteiger partial charge is 0.0669 e. The van der Waals surface area contributed by atoms with Gasteiger partial charge in [0.15, 0.2) is 0 Å². The third-order valence-corrected chi connectivity index (χ3v) is 4.92. The number of hydrogen-bond donors (Lipinski definition) is 0. The summed E-state index contributed by atoms with van der Waals surface area (Å²) in [5.74, 6) is 0.0402. The summed E-state index contributed by atoms with van der Waals surface area (Å²) in [4.78, 5) is 2.50. The van der Waals surface area contributed by atoms with E-state index in [4.69, 9.17) is 5.26 Å². The second-order valence-electron chi connectivity index (χ2n) is 6.42. The van der Waals surface area contributed by atoms with E-state index < -0.39 is 0 Å². The molecule has 0 unspecified atom stereocenters. The summed E-state index contributed by atoms with van der Waals surface area (Å²) >= 11 is 0. The second-order valence-corrected chi connectivity index (χ2v) is 6.42. The first-order valence-corrected chi connectivity index (χ1v) is 7.77. The lowest BCUT2D eigenvalue weighted by atomic mass is 9.69. The molecule has 0 bridgehead atoms. The monoisotopic (exact) mass is 259 g/mol. The van der Waals surface area contributed by atoms with Crippen LogP contribution in [-0.2, 0) is 0 Å². The fraction of sp³-hybridized carbons (Fsp3) is 0.875. The Labute approximate surface area is 117 Å². The molecule has 3 nitrogen and oxygen atoms in total. The van der Waals surface area contributed by atoms with Crippen molar-refractivity contribution in [3.05, 3.63) is 0 Å². The largest absolute Gasteiger partial charge is 0.301 e. The predicted octanol–water partition coefficient (Wildman–Crippen LogP) is 3.48. The minimum atomic E-state index is 0.0402. The SMILES string of the molecule is N#CCC[C@H](C#N)CN1CCCC2(CCCCC2)C1. The van der Waals surface area contributed by atoms with Crippen molar-refractivity contribution in [2.24, 2.45) is 11.3 Å². The molecule has 1 spiro atoms. The number of nitrogens with zero attached hydrogens (tertiary/aromatic N) is 3. The van der Waals surface area contributed by atoms with Crippen LogP contribution in [0.15, 0.2) is 0 Å². The molecule has 1 heterocycles. The second kappa shape index (κ2) is 6.92. The summed E-state index contributed by atoms with van der Waals surface area (Å²) in [5, 5.41) is 17.8. The quantitative estimate of drug-likeness (QED) is 0.776. The Morgan fingerprint density at radius 3 is 2.47 bits per heavy atom. The van der Waals surface area contributed by atoms with E-state index in [1.165, 1.54) is 51.5 Å². The van der Waals surface area contributed by atoms with Crippen LogP contribution in [0.4, 0.5) is 0 Å². The summed E-state index contributed by atoms with van der Waals surface area (Å²) in [7, 11) is 0. The van der Waals surface area contributed by atoms with Gasteiger partial charge in [0.2, 0.25) is 0 Å². The summed E-state index contributed by atoms with van der Waals surface area (Å²) < 4.78 is 0. The van der Waals surface area contributed by atoms with Crippen molar-refractivity contribution in [1.29, 1.82) is 10.5 Å². The van der Waals surface area contributed by atoms with E-state index in [0.717, 1.165) is 19.5 Å². The number of hydrogen-bond acceptors (Lipinski definition) is 3. The van der Waals surface area contributed by atoms with Crippen LogP contribution in [-0.4, -0.2) is 24.5 Å². The first-order chi connectivity index (χ1) is 9.28. The molecule has 2 rings (SSSR count). The minimum Gasteiger partial charge on any atom is -0.301 e. The molecule has 0 radical (unpaired) electrons. The van der Waals surface area contributed by atoms with Crippen molar-refractivity contribution in [1.82, 2.24) is 4.90 Å². The van der Waals surface area contributed by atoms with Crippen molar-refractivity contribution in [2.45, 2.75) is 57.8 Å². The Morgan fingerprint density at radius 1 is 1.05 bits per heavy atom. The Bertz CT molecular complexity index is 352. The van der Waals surface area contributed by atoms with Gasteiger partial charge in [-0.25, -0.2) is 0 Å². The number of rotatable bonds is 4. The van der Waals surface area contributed by atoms with Crippen LogP contribution in [0.25, 0.3) is 0 Å². The normalized spacial score (nSPS) is 24.5. The fourth-order valence-electron chi connectivity index (χ4n) is 3.92. The van der Waals surface area contributed by atoms with Crippen LogP contribution in [0.5, 0.6) is 0 Å². The van der Waals surface area contributed by atoms with Gasteiger partial charge >= 0.3 is 0 Å². The van der Waals surface area contributed by atoms with Gasteiger partial charge in [-0.05, 0) is 44.1 Å². The van der Waals surface area contributed by atoms with Gasteiger partial charge in [0.05, 0.1) is 18.1 Å². The van der Waals surface area contributed by atoms with Gasteiger partial charge < -0.3 is 4.90 Å². The zero-order chi connectivity index (χ0) is 13.6. The lowest BCUT2D eigenvalue weighted by molar-refractivity contribution is 0.0482. The molecule has 0 aromatic rings. The van der Waals surface area contributed by atoms with Crippen molar-refractivity contribution < 1.29 is 0 Å². The van der Waals surface area contributed by atoms with Crippen LogP contribution < -0.4 is 0 Å². The highest BCUT2D eigenvalue weighted by Gasteiger charge is 2.36. The zero-order valence-corrected chi connectivity index (χ0v) is 11.9. The average molecular weight is 259 g/mol. The van der Waals surface area contributed by atoms with Gasteiger partial charge in [-0.15, -0.1) is 0 Å². The molecule has 3 heteroatoms. The van der Waals surface area contributed by atoms with Crippen molar-refractivity contribution in [2.75, 3.05) is 19.6 Å². The molecule has 1 aliphatic heterocycles. The fourth-order valence-corrected chi connectivity index (χ4v) is 3.92. The van der Waals surface area contributed by atoms with E-state index >= 15 is 0 Å². The van der Waals surface area contributed by atoms with Crippen LogP contribution >= 0.6 is 0 Å². The first kappa shape index (κ1) is 14.4. The molecule has 104 valence electrons. The van der Waals surface area contributed by atoms with Gasteiger partial charge in [0, 0.05) is 19.5 Å². The first-order valence-electron chi connectivity index (χ1n) is 7.77. The van der Waals surface area contributed by atoms with Gasteiger partial charge in [-0.3, -0.25) is 0 Å². The minimum absolute atomic E-state index is 0.0402. The maximum absolute atomic E-state index is 9.20. The number of nitriles is 2. The maximum atomic E-state index is 9.20. The summed E-state index contributed by atoms with van der Waals surface area (Å²) in [6, 6.07) is 4.54. The van der Waals surface area contributed by atoms with E-state index in [9.17, 15) is 5.26 Å². The van der Waals surface area contributed by atoms with E-state index in [0.29, 0.717) is 11.8 Å². The highest BCUT2D eigenvalue weighted by molar-refractivity contribution is 4.93. The zero-order valence-electron chi connectivity index (χ0n) is 11.9. The van der Waals surface area contributed by atoms with Gasteiger partial charge in [0.25, 0.3) is 0 Å². The molecule has 0 N–H and O–H groups in total. The molecule has 1 saturated carbocycles. The summed E-state index contributed by atoms with van der Waals surface area (Å²) in [6.07, 6.45) is 10.9. The molecule has 0 aromatic heterocycles. The average Bonchev–Trinajstić information content (AvgIpc) is 2.44. The molecule has 1 atom stereocenters. The van der Waals surface area contributed by atoms with Gasteiger partial charge in [-0.1, -0.05) is 19.3 Å². The third-order valence-electron chi connectivity index (χ3n) is 4.92. The molecule has 1 aliphatic carbocycles. The molecular weight excluding hydrogens is 234 g/mol. The Kier molecular flexibility index (Phi) is 5.23. The highest BCUT2D eigenvalue weighted by atomic mass is 15.1. The lowest BCUT2D eigenvalue weighted by Crippen LogP contribution is -2.45. The van der Waals surface area contributed by atoms with E-state index in [-0.39, 0.29) is 5.92 Å². The molecule has 1 saturated heterocycles. The van der Waals surface area contributed by atoms with E-state index in [1.807, 2.05) is 0 Å².